The molecule has 0 fully saturated rings. The zero-order chi connectivity index (χ0) is 21.4. The number of carbonyl (C=O) groups is 1. The van der Waals surface area contributed by atoms with Crippen molar-refractivity contribution in [2.45, 2.75) is 32.6 Å². The van der Waals surface area contributed by atoms with Gasteiger partial charge in [-0.3, -0.25) is 0 Å². The lowest BCUT2D eigenvalue weighted by Gasteiger charge is -2.23. The standard InChI is InChI=1S/C21H25F3N2O3/c1-14(2)19(16-6-10-17(28-3)11-7-16)26-20(27)25-12-15-4-8-18(9-5-15)29-13-21(22,23)24/h4-11,14,19H,12-13H2,1-3H3,(H2,25,26,27). The summed E-state index contributed by atoms with van der Waals surface area (Å²) in [5, 5.41) is 5.70. The van der Waals surface area contributed by atoms with Crippen LogP contribution in [0, 0.1) is 5.92 Å². The van der Waals surface area contributed by atoms with Crippen molar-refractivity contribution in [1.29, 1.82) is 0 Å². The predicted octanol–water partition coefficient (Wildman–Crippen LogP) is 4.83. The van der Waals surface area contributed by atoms with Crippen LogP contribution < -0.4 is 20.1 Å². The fraction of sp³-hybridized carbons (Fsp3) is 0.381. The van der Waals surface area contributed by atoms with E-state index >= 15 is 0 Å². The third-order valence-electron chi connectivity index (χ3n) is 4.21. The van der Waals surface area contributed by atoms with Gasteiger partial charge >= 0.3 is 12.2 Å². The van der Waals surface area contributed by atoms with Crippen molar-refractivity contribution in [2.75, 3.05) is 13.7 Å². The number of methoxy groups -OCH3 is 1. The van der Waals surface area contributed by atoms with E-state index in [4.69, 9.17) is 4.74 Å². The zero-order valence-electron chi connectivity index (χ0n) is 16.5. The van der Waals surface area contributed by atoms with Crippen molar-refractivity contribution < 1.29 is 27.4 Å². The highest BCUT2D eigenvalue weighted by Gasteiger charge is 2.28. The second-order valence-electron chi connectivity index (χ2n) is 6.87. The van der Waals surface area contributed by atoms with Crippen LogP contribution in [0.2, 0.25) is 0 Å². The molecular formula is C21H25F3N2O3. The predicted molar refractivity (Wildman–Crippen MR) is 104 cm³/mol. The number of hydrogen-bond donors (Lipinski definition) is 2. The minimum absolute atomic E-state index is 0.120. The summed E-state index contributed by atoms with van der Waals surface area (Å²) in [6, 6.07) is 13.1. The summed E-state index contributed by atoms with van der Waals surface area (Å²) in [6.07, 6.45) is -4.38. The molecule has 0 aliphatic carbocycles. The second kappa shape index (κ2) is 10.0. The van der Waals surface area contributed by atoms with Crippen molar-refractivity contribution in [1.82, 2.24) is 10.6 Å². The number of ether oxygens (including phenoxy) is 2. The number of amides is 2. The summed E-state index contributed by atoms with van der Waals surface area (Å²) in [6.45, 7) is 2.91. The van der Waals surface area contributed by atoms with Crippen LogP contribution in [0.1, 0.15) is 31.0 Å². The molecule has 0 aromatic heterocycles. The molecule has 0 saturated carbocycles. The van der Waals surface area contributed by atoms with Gasteiger partial charge in [-0.05, 0) is 41.3 Å². The maximum Gasteiger partial charge on any atom is 0.422 e. The highest BCUT2D eigenvalue weighted by molar-refractivity contribution is 5.74. The highest BCUT2D eigenvalue weighted by atomic mass is 19.4. The van der Waals surface area contributed by atoms with E-state index in [-0.39, 0.29) is 30.3 Å². The number of benzene rings is 2. The Morgan fingerprint density at radius 3 is 2.10 bits per heavy atom. The van der Waals surface area contributed by atoms with Crippen LogP contribution in [-0.2, 0) is 6.54 Å². The Hall–Kier alpha value is -2.90. The first-order valence-corrected chi connectivity index (χ1v) is 9.15. The number of halogens is 3. The molecule has 0 aliphatic heterocycles. The molecule has 0 radical (unpaired) electrons. The Kier molecular flexibility index (Phi) is 7.75. The summed E-state index contributed by atoms with van der Waals surface area (Å²) >= 11 is 0. The Labute approximate surface area is 168 Å². The Morgan fingerprint density at radius 2 is 1.59 bits per heavy atom. The largest absolute Gasteiger partial charge is 0.497 e. The summed E-state index contributed by atoms with van der Waals surface area (Å²) in [5.74, 6) is 1.03. The normalized spacial score (nSPS) is 12.4. The molecule has 1 unspecified atom stereocenters. The lowest BCUT2D eigenvalue weighted by atomic mass is 9.96. The van der Waals surface area contributed by atoms with E-state index in [1.807, 2.05) is 38.1 Å². The molecule has 2 aromatic carbocycles. The molecular weight excluding hydrogens is 385 g/mol. The number of hydrogen-bond acceptors (Lipinski definition) is 3. The quantitative estimate of drug-likeness (QED) is 0.655. The molecule has 0 bridgehead atoms. The van der Waals surface area contributed by atoms with E-state index in [0.717, 1.165) is 16.9 Å². The lowest BCUT2D eigenvalue weighted by Crippen LogP contribution is -2.39. The molecule has 158 valence electrons. The summed E-state index contributed by atoms with van der Waals surface area (Å²) in [7, 11) is 1.59. The molecule has 2 rings (SSSR count). The molecule has 2 aromatic rings. The van der Waals surface area contributed by atoms with Gasteiger partial charge < -0.3 is 20.1 Å². The van der Waals surface area contributed by atoms with Gasteiger partial charge in [0.15, 0.2) is 6.61 Å². The zero-order valence-corrected chi connectivity index (χ0v) is 16.5. The van der Waals surface area contributed by atoms with E-state index in [9.17, 15) is 18.0 Å². The molecule has 29 heavy (non-hydrogen) atoms. The van der Waals surface area contributed by atoms with Gasteiger partial charge in [0.2, 0.25) is 0 Å². The first kappa shape index (κ1) is 22.4. The van der Waals surface area contributed by atoms with Crippen molar-refractivity contribution in [3.63, 3.8) is 0 Å². The van der Waals surface area contributed by atoms with Crippen LogP contribution in [-0.4, -0.2) is 25.9 Å². The van der Waals surface area contributed by atoms with Crippen LogP contribution in [0.25, 0.3) is 0 Å². The number of carbonyl (C=O) groups excluding carboxylic acids is 1. The fourth-order valence-electron chi connectivity index (χ4n) is 2.69. The fourth-order valence-corrected chi connectivity index (χ4v) is 2.69. The topological polar surface area (TPSA) is 59.6 Å². The molecule has 0 aliphatic rings. The second-order valence-corrected chi connectivity index (χ2v) is 6.87. The first-order chi connectivity index (χ1) is 13.7. The molecule has 1 atom stereocenters. The molecule has 0 saturated heterocycles. The van der Waals surface area contributed by atoms with Crippen molar-refractivity contribution in [3.8, 4) is 11.5 Å². The molecule has 2 amide bonds. The third-order valence-corrected chi connectivity index (χ3v) is 4.21. The summed E-state index contributed by atoms with van der Waals surface area (Å²) in [5.41, 5.74) is 1.70. The summed E-state index contributed by atoms with van der Waals surface area (Å²) in [4.78, 5) is 12.3. The Bertz CT molecular complexity index is 775. The van der Waals surface area contributed by atoms with Crippen LogP contribution in [0.15, 0.2) is 48.5 Å². The number of rotatable bonds is 8. The molecule has 8 heteroatoms. The minimum atomic E-state index is -4.38. The number of alkyl halides is 3. The maximum absolute atomic E-state index is 12.3. The average molecular weight is 410 g/mol. The van der Waals surface area contributed by atoms with Gasteiger partial charge in [-0.25, -0.2) is 4.79 Å². The van der Waals surface area contributed by atoms with Crippen molar-refractivity contribution in [2.24, 2.45) is 5.92 Å². The van der Waals surface area contributed by atoms with Gasteiger partial charge in [0.1, 0.15) is 11.5 Å². The highest BCUT2D eigenvalue weighted by Crippen LogP contribution is 2.24. The van der Waals surface area contributed by atoms with Crippen LogP contribution >= 0.6 is 0 Å². The van der Waals surface area contributed by atoms with E-state index in [1.54, 1.807) is 19.2 Å². The molecule has 0 spiro atoms. The van der Waals surface area contributed by atoms with Gasteiger partial charge in [0.05, 0.1) is 13.2 Å². The van der Waals surface area contributed by atoms with E-state index < -0.39 is 12.8 Å². The minimum Gasteiger partial charge on any atom is -0.497 e. The SMILES string of the molecule is COc1ccc(C(NC(=O)NCc2ccc(OCC(F)(F)F)cc2)C(C)C)cc1. The smallest absolute Gasteiger partial charge is 0.422 e. The van der Waals surface area contributed by atoms with Gasteiger partial charge in [-0.15, -0.1) is 0 Å². The maximum atomic E-state index is 12.3. The third kappa shape index (κ3) is 7.56. The first-order valence-electron chi connectivity index (χ1n) is 9.15. The van der Waals surface area contributed by atoms with Crippen LogP contribution in [0.4, 0.5) is 18.0 Å². The van der Waals surface area contributed by atoms with Crippen LogP contribution in [0.5, 0.6) is 11.5 Å². The van der Waals surface area contributed by atoms with Gasteiger partial charge in [0, 0.05) is 6.54 Å². The van der Waals surface area contributed by atoms with Gasteiger partial charge in [0.25, 0.3) is 0 Å². The van der Waals surface area contributed by atoms with Crippen molar-refractivity contribution in [3.05, 3.63) is 59.7 Å². The number of nitrogens with one attached hydrogen (secondary N) is 2. The average Bonchev–Trinajstić information content (AvgIpc) is 2.69. The number of urea groups is 1. The van der Waals surface area contributed by atoms with E-state index in [2.05, 4.69) is 15.4 Å². The van der Waals surface area contributed by atoms with Crippen LogP contribution in [0.3, 0.4) is 0 Å². The molecule has 2 N–H and O–H groups in total. The Balaban J connectivity index is 1.88. The molecule has 5 nitrogen and oxygen atoms in total. The van der Waals surface area contributed by atoms with Gasteiger partial charge in [-0.1, -0.05) is 38.1 Å². The van der Waals surface area contributed by atoms with Crippen molar-refractivity contribution >= 4 is 6.03 Å². The Morgan fingerprint density at radius 1 is 1.00 bits per heavy atom. The monoisotopic (exact) mass is 410 g/mol. The van der Waals surface area contributed by atoms with E-state index in [1.165, 1.54) is 12.1 Å². The molecule has 0 heterocycles. The lowest BCUT2D eigenvalue weighted by molar-refractivity contribution is -0.153. The van der Waals surface area contributed by atoms with Gasteiger partial charge in [-0.2, -0.15) is 13.2 Å². The summed E-state index contributed by atoms with van der Waals surface area (Å²) < 4.78 is 46.3. The van der Waals surface area contributed by atoms with E-state index in [0.29, 0.717) is 0 Å².